The Hall–Kier alpha value is -2.95. The van der Waals surface area contributed by atoms with E-state index in [1.807, 2.05) is 25.7 Å². The van der Waals surface area contributed by atoms with Crippen molar-refractivity contribution in [3.05, 3.63) is 23.3 Å². The maximum absolute atomic E-state index is 14.6. The molecule has 3 fully saturated rings. The lowest BCUT2D eigenvalue weighted by Gasteiger charge is -2.55. The predicted octanol–water partition coefficient (Wildman–Crippen LogP) is 2.99. The summed E-state index contributed by atoms with van der Waals surface area (Å²) in [5, 5.41) is 10.7. The highest BCUT2D eigenvalue weighted by Crippen LogP contribution is 2.55. The van der Waals surface area contributed by atoms with Gasteiger partial charge in [0.2, 0.25) is 0 Å². The lowest BCUT2D eigenvalue weighted by Crippen LogP contribution is -2.68. The summed E-state index contributed by atoms with van der Waals surface area (Å²) >= 11 is 0. The molecule has 2 N–H and O–H groups in total. The number of urea groups is 1. The van der Waals surface area contributed by atoms with E-state index in [0.717, 1.165) is 43.5 Å². The molecule has 4 atom stereocenters. The minimum Gasteiger partial charge on any atom is -0.464 e. The van der Waals surface area contributed by atoms with Crippen molar-refractivity contribution < 1.29 is 13.9 Å². The third-order valence-corrected chi connectivity index (χ3v) is 8.11. The first kappa shape index (κ1) is 21.6. The van der Waals surface area contributed by atoms with E-state index in [-0.39, 0.29) is 35.9 Å². The molecule has 2 amide bonds. The molecule has 11 heteroatoms. The van der Waals surface area contributed by atoms with Gasteiger partial charge in [0, 0.05) is 30.6 Å². The van der Waals surface area contributed by atoms with Crippen molar-refractivity contribution in [2.24, 2.45) is 5.92 Å². The normalized spacial score (nSPS) is 29.5. The number of aromatic nitrogens is 4. The number of nitrogens with zero attached hydrogens (tertiary/aromatic N) is 6. The summed E-state index contributed by atoms with van der Waals surface area (Å²) < 4.78 is 19.9. The van der Waals surface area contributed by atoms with Crippen LogP contribution in [-0.4, -0.2) is 79.2 Å². The van der Waals surface area contributed by atoms with Gasteiger partial charge in [-0.05, 0) is 40.2 Å². The van der Waals surface area contributed by atoms with Crippen LogP contribution in [0.4, 0.5) is 20.8 Å². The summed E-state index contributed by atoms with van der Waals surface area (Å²) in [6.07, 6.45) is 3.44. The fourth-order valence-corrected chi connectivity index (χ4v) is 6.47. The molecule has 0 aromatic carbocycles. The molecule has 182 valence electrons. The van der Waals surface area contributed by atoms with E-state index in [2.05, 4.69) is 42.2 Å². The molecular weight excluding hydrogens is 439 g/mol. The number of rotatable bonds is 4. The highest BCUT2D eigenvalue weighted by Gasteiger charge is 2.59. The van der Waals surface area contributed by atoms with Gasteiger partial charge in [-0.15, -0.1) is 0 Å². The average molecular weight is 471 g/mol. The van der Waals surface area contributed by atoms with Gasteiger partial charge >= 0.3 is 12.0 Å². The fourth-order valence-electron chi connectivity index (χ4n) is 6.47. The lowest BCUT2D eigenvalue weighted by atomic mass is 9.84. The zero-order valence-corrected chi connectivity index (χ0v) is 20.0. The number of H-pyrrole nitrogens is 1. The number of aromatic amines is 1. The summed E-state index contributed by atoms with van der Waals surface area (Å²) in [7, 11) is 0. The van der Waals surface area contributed by atoms with Gasteiger partial charge < -0.3 is 19.9 Å². The molecule has 10 nitrogen and oxygen atoms in total. The second kappa shape index (κ2) is 7.53. The molecular formula is C23H31FN8O2. The van der Waals surface area contributed by atoms with Crippen molar-refractivity contribution in [2.45, 2.75) is 64.2 Å². The predicted molar refractivity (Wildman–Crippen MR) is 122 cm³/mol. The molecule has 6 rings (SSSR count). The molecule has 0 aliphatic carbocycles. The van der Waals surface area contributed by atoms with Gasteiger partial charge in [0.05, 0.1) is 36.1 Å². The van der Waals surface area contributed by atoms with Crippen LogP contribution in [0.3, 0.4) is 0 Å². The van der Waals surface area contributed by atoms with Gasteiger partial charge in [0.25, 0.3) is 0 Å². The van der Waals surface area contributed by atoms with Crippen LogP contribution in [0.5, 0.6) is 6.01 Å². The van der Waals surface area contributed by atoms with E-state index in [0.29, 0.717) is 18.5 Å². The van der Waals surface area contributed by atoms with Gasteiger partial charge in [0.15, 0.2) is 17.5 Å². The number of hydrogen-bond donors (Lipinski definition) is 2. The first-order chi connectivity index (χ1) is 16.3. The first-order valence-electron chi connectivity index (χ1n) is 12.2. The molecule has 0 bridgehead atoms. The zero-order valence-electron chi connectivity index (χ0n) is 20.0. The van der Waals surface area contributed by atoms with Gasteiger partial charge in [-0.25, -0.2) is 14.2 Å². The molecule has 2 aromatic rings. The monoisotopic (exact) mass is 470 g/mol. The van der Waals surface area contributed by atoms with Crippen LogP contribution in [-0.2, 0) is 5.54 Å². The summed E-state index contributed by atoms with van der Waals surface area (Å²) in [4.78, 5) is 28.6. The Morgan fingerprint density at radius 3 is 2.94 bits per heavy atom. The third kappa shape index (κ3) is 2.95. The molecule has 0 saturated carbocycles. The van der Waals surface area contributed by atoms with Gasteiger partial charge in [0.1, 0.15) is 0 Å². The number of carbonyl (C=O) groups is 1. The number of nitrogens with one attached hydrogen (secondary N) is 2. The van der Waals surface area contributed by atoms with E-state index in [4.69, 9.17) is 4.74 Å². The van der Waals surface area contributed by atoms with Crippen molar-refractivity contribution in [3.63, 3.8) is 0 Å². The minimum absolute atomic E-state index is 0.00185. The van der Waals surface area contributed by atoms with Crippen LogP contribution >= 0.6 is 0 Å². The van der Waals surface area contributed by atoms with Crippen LogP contribution < -0.4 is 10.1 Å². The Balaban J connectivity index is 1.38. The van der Waals surface area contributed by atoms with Gasteiger partial charge in [-0.3, -0.25) is 10.00 Å². The smallest absolute Gasteiger partial charge is 0.321 e. The summed E-state index contributed by atoms with van der Waals surface area (Å²) in [5.74, 6) is 0.0596. The average Bonchev–Trinajstić information content (AvgIpc) is 3.49. The second-order valence-electron chi connectivity index (χ2n) is 10.3. The van der Waals surface area contributed by atoms with Crippen molar-refractivity contribution in [2.75, 3.05) is 31.6 Å². The Kier molecular flexibility index (Phi) is 4.78. The fraction of sp³-hybridized carbons (Fsp3) is 0.652. The molecule has 4 aliphatic rings. The SMILES string of the molecule is CCOc1ncc(F)c(Nc2n[nH]c3c2C2C(C)[C@H]4CN5CCC[C@H]5CN4C(=O)N2C3(C)C)n1. The van der Waals surface area contributed by atoms with Crippen LogP contribution in [0.25, 0.3) is 0 Å². The molecule has 0 radical (unpaired) electrons. The number of fused-ring (bicyclic) bond motifs is 5. The van der Waals surface area contributed by atoms with Crippen molar-refractivity contribution in [1.82, 2.24) is 34.9 Å². The maximum atomic E-state index is 14.6. The Morgan fingerprint density at radius 1 is 1.32 bits per heavy atom. The number of ether oxygens (including phenoxy) is 1. The van der Waals surface area contributed by atoms with Crippen LogP contribution in [0.1, 0.15) is 57.8 Å². The van der Waals surface area contributed by atoms with Crippen LogP contribution in [0, 0.1) is 11.7 Å². The molecule has 34 heavy (non-hydrogen) atoms. The van der Waals surface area contributed by atoms with E-state index in [9.17, 15) is 9.18 Å². The first-order valence-corrected chi connectivity index (χ1v) is 12.2. The Bertz CT molecular complexity index is 1140. The van der Waals surface area contributed by atoms with E-state index >= 15 is 0 Å². The number of piperazine rings is 1. The number of amides is 2. The summed E-state index contributed by atoms with van der Waals surface area (Å²) in [6.45, 7) is 11.3. The number of hydrogen-bond acceptors (Lipinski definition) is 7. The summed E-state index contributed by atoms with van der Waals surface area (Å²) in [6, 6.07) is 0.599. The third-order valence-electron chi connectivity index (χ3n) is 8.11. The van der Waals surface area contributed by atoms with Crippen LogP contribution in [0.2, 0.25) is 0 Å². The van der Waals surface area contributed by atoms with Gasteiger partial charge in [-0.2, -0.15) is 10.1 Å². The van der Waals surface area contributed by atoms with E-state index in [1.54, 1.807) is 0 Å². The van der Waals surface area contributed by atoms with Gasteiger partial charge in [-0.1, -0.05) is 6.92 Å². The highest BCUT2D eigenvalue weighted by molar-refractivity contribution is 5.80. The molecule has 2 unspecified atom stereocenters. The van der Waals surface area contributed by atoms with E-state index < -0.39 is 11.4 Å². The molecule has 4 aliphatic heterocycles. The molecule has 6 heterocycles. The Morgan fingerprint density at radius 2 is 2.15 bits per heavy atom. The lowest BCUT2D eigenvalue weighted by molar-refractivity contribution is -0.0422. The molecule has 2 aromatic heterocycles. The minimum atomic E-state index is -0.597. The highest BCUT2D eigenvalue weighted by atomic mass is 19.1. The number of anilines is 2. The standard InChI is InChI=1S/C23H31FN8O2/c1-5-34-21-25-9-14(24)19(27-21)26-20-16-17-12(2)15-11-30-8-6-7-13(30)10-31(15)22(33)32(17)23(3,4)18(16)28-29-20/h9,12-13,15,17H,5-8,10-11H2,1-4H3,(H2,25,26,27,28,29)/t12?,13-,15+,17?/m0/s1. The van der Waals surface area contributed by atoms with Crippen LogP contribution in [0.15, 0.2) is 6.20 Å². The zero-order chi connectivity index (χ0) is 23.8. The summed E-state index contributed by atoms with van der Waals surface area (Å²) in [5.41, 5.74) is 1.21. The number of carbonyl (C=O) groups excluding carboxylic acids is 1. The Labute approximate surface area is 197 Å². The molecule has 3 saturated heterocycles. The van der Waals surface area contributed by atoms with E-state index in [1.165, 1.54) is 6.42 Å². The second-order valence-corrected chi connectivity index (χ2v) is 10.3. The quantitative estimate of drug-likeness (QED) is 0.708. The van der Waals surface area contributed by atoms with Crippen molar-refractivity contribution in [3.8, 4) is 6.01 Å². The van der Waals surface area contributed by atoms with Crippen molar-refractivity contribution in [1.29, 1.82) is 0 Å². The van der Waals surface area contributed by atoms with Crippen molar-refractivity contribution >= 4 is 17.7 Å². The molecule has 0 spiro atoms. The maximum Gasteiger partial charge on any atom is 0.321 e. The topological polar surface area (TPSA) is 103 Å². The largest absolute Gasteiger partial charge is 0.464 e. The number of halogens is 1.